The molecule has 8 nitrogen and oxygen atoms in total. The molecule has 2 aromatic carbocycles. The van der Waals surface area contributed by atoms with Crippen LogP contribution in [0.1, 0.15) is 74.1 Å². The number of anilines is 1. The molecule has 1 heterocycles. The maximum atomic E-state index is 13.3. The predicted molar refractivity (Wildman–Crippen MR) is 148 cm³/mol. The van der Waals surface area contributed by atoms with E-state index in [1.54, 1.807) is 4.68 Å². The van der Waals surface area contributed by atoms with E-state index in [0.717, 1.165) is 42.6 Å². The summed E-state index contributed by atoms with van der Waals surface area (Å²) in [5.41, 5.74) is 2.43. The van der Waals surface area contributed by atoms with Crippen molar-refractivity contribution in [1.82, 2.24) is 15.1 Å². The van der Waals surface area contributed by atoms with Gasteiger partial charge in [0, 0.05) is 11.7 Å². The van der Waals surface area contributed by atoms with Gasteiger partial charge in [-0.2, -0.15) is 5.10 Å². The van der Waals surface area contributed by atoms with Crippen molar-refractivity contribution in [3.63, 3.8) is 0 Å². The SMILES string of the molecule is Cc1cc(OCc2ccccc2)ccc1NC(=O)c1c(Cl)cnn1[C@H]1CC[C@@H](NC(=O)OC(C)(C)C)CC1. The summed E-state index contributed by atoms with van der Waals surface area (Å²) < 4.78 is 13.0. The quantitative estimate of drug-likeness (QED) is 0.349. The molecular weight excluding hydrogens is 504 g/mol. The molecule has 202 valence electrons. The molecule has 0 atom stereocenters. The van der Waals surface area contributed by atoms with Crippen molar-refractivity contribution < 1.29 is 19.1 Å². The molecule has 0 saturated heterocycles. The standard InChI is InChI=1S/C29H35ClN4O4/c1-19-16-23(37-18-20-8-6-5-7-9-20)14-15-25(19)33-27(35)26-24(30)17-31-34(26)22-12-10-21(11-13-22)32-28(36)38-29(2,3)4/h5-9,14-17,21-22H,10-13,18H2,1-4H3,(H,32,36)(H,33,35)/t21-,22+. The zero-order valence-electron chi connectivity index (χ0n) is 22.3. The van der Waals surface area contributed by atoms with Crippen LogP contribution in [0.5, 0.6) is 5.75 Å². The van der Waals surface area contributed by atoms with Crippen LogP contribution in [0.3, 0.4) is 0 Å². The van der Waals surface area contributed by atoms with Crippen molar-refractivity contribution in [2.24, 2.45) is 0 Å². The van der Waals surface area contributed by atoms with Gasteiger partial charge in [-0.1, -0.05) is 41.9 Å². The number of carbonyl (C=O) groups excluding carboxylic acids is 2. The largest absolute Gasteiger partial charge is 0.489 e. The molecule has 1 aliphatic carbocycles. The number of hydrogen-bond acceptors (Lipinski definition) is 5. The van der Waals surface area contributed by atoms with E-state index in [4.69, 9.17) is 21.1 Å². The van der Waals surface area contributed by atoms with Gasteiger partial charge in [-0.3, -0.25) is 9.48 Å². The number of benzene rings is 2. The van der Waals surface area contributed by atoms with Crippen LogP contribution in [-0.2, 0) is 11.3 Å². The Balaban J connectivity index is 1.36. The normalized spacial score (nSPS) is 17.5. The molecule has 2 N–H and O–H groups in total. The third-order valence-electron chi connectivity index (χ3n) is 6.42. The maximum absolute atomic E-state index is 13.3. The third-order valence-corrected chi connectivity index (χ3v) is 6.70. The number of amides is 2. The molecule has 4 rings (SSSR count). The monoisotopic (exact) mass is 538 g/mol. The Labute approximate surface area is 228 Å². The number of alkyl carbamates (subject to hydrolysis) is 1. The van der Waals surface area contributed by atoms with E-state index < -0.39 is 11.7 Å². The van der Waals surface area contributed by atoms with Crippen molar-refractivity contribution in [3.05, 3.63) is 76.6 Å². The topological polar surface area (TPSA) is 94.5 Å². The molecule has 0 radical (unpaired) electrons. The van der Waals surface area contributed by atoms with E-state index >= 15 is 0 Å². The summed E-state index contributed by atoms with van der Waals surface area (Å²) >= 11 is 6.41. The van der Waals surface area contributed by atoms with Gasteiger partial charge in [-0.05, 0) is 82.7 Å². The lowest BCUT2D eigenvalue weighted by Crippen LogP contribution is -2.41. The molecule has 38 heavy (non-hydrogen) atoms. The molecule has 1 saturated carbocycles. The Morgan fingerprint density at radius 1 is 1.08 bits per heavy atom. The molecule has 0 bridgehead atoms. The maximum Gasteiger partial charge on any atom is 0.407 e. The van der Waals surface area contributed by atoms with E-state index in [0.29, 0.717) is 23.0 Å². The predicted octanol–water partition coefficient (Wildman–Crippen LogP) is 6.68. The highest BCUT2D eigenvalue weighted by Crippen LogP contribution is 2.32. The fraction of sp³-hybridized carbons (Fsp3) is 0.414. The molecule has 1 aliphatic rings. The van der Waals surface area contributed by atoms with Crippen molar-refractivity contribution in [3.8, 4) is 5.75 Å². The second kappa shape index (κ2) is 11.9. The number of rotatable bonds is 7. The number of aromatic nitrogens is 2. The van der Waals surface area contributed by atoms with Gasteiger partial charge < -0.3 is 20.1 Å². The zero-order chi connectivity index (χ0) is 27.3. The Bertz CT molecular complexity index is 1260. The number of nitrogens with zero attached hydrogens (tertiary/aromatic N) is 2. The van der Waals surface area contributed by atoms with Crippen LogP contribution in [0.4, 0.5) is 10.5 Å². The molecule has 2 amide bonds. The van der Waals surface area contributed by atoms with Gasteiger partial charge in [-0.15, -0.1) is 0 Å². The first-order valence-electron chi connectivity index (χ1n) is 12.9. The highest BCUT2D eigenvalue weighted by Gasteiger charge is 2.29. The highest BCUT2D eigenvalue weighted by molar-refractivity contribution is 6.34. The second-order valence-electron chi connectivity index (χ2n) is 10.6. The lowest BCUT2D eigenvalue weighted by molar-refractivity contribution is 0.0487. The molecule has 1 aromatic heterocycles. The minimum absolute atomic E-state index is 0.00907. The molecule has 1 fully saturated rings. The number of halogens is 1. The Morgan fingerprint density at radius 2 is 1.79 bits per heavy atom. The van der Waals surface area contributed by atoms with E-state index in [1.165, 1.54) is 6.20 Å². The summed E-state index contributed by atoms with van der Waals surface area (Å²) in [6.45, 7) is 7.91. The summed E-state index contributed by atoms with van der Waals surface area (Å²) in [5, 5.41) is 10.6. The van der Waals surface area contributed by atoms with Crippen LogP contribution in [0.25, 0.3) is 0 Å². The lowest BCUT2D eigenvalue weighted by Gasteiger charge is -2.30. The molecule has 0 unspecified atom stereocenters. The van der Waals surface area contributed by atoms with Gasteiger partial charge in [0.05, 0.1) is 17.3 Å². The molecule has 3 aromatic rings. The second-order valence-corrected chi connectivity index (χ2v) is 11.0. The number of ether oxygens (including phenoxy) is 2. The van der Waals surface area contributed by atoms with Crippen molar-refractivity contribution in [1.29, 1.82) is 0 Å². The summed E-state index contributed by atoms with van der Waals surface area (Å²) in [5.74, 6) is 0.409. The summed E-state index contributed by atoms with van der Waals surface area (Å²) in [7, 11) is 0. The summed E-state index contributed by atoms with van der Waals surface area (Å²) in [6.07, 6.45) is 4.12. The molecule has 0 spiro atoms. The minimum atomic E-state index is -0.538. The third kappa shape index (κ3) is 7.28. The van der Waals surface area contributed by atoms with E-state index in [1.807, 2.05) is 76.2 Å². The van der Waals surface area contributed by atoms with E-state index in [-0.39, 0.29) is 18.0 Å². The Hall–Kier alpha value is -3.52. The van der Waals surface area contributed by atoms with Gasteiger partial charge in [0.25, 0.3) is 5.91 Å². The first kappa shape index (κ1) is 27.5. The van der Waals surface area contributed by atoms with Gasteiger partial charge in [0.15, 0.2) is 0 Å². The first-order valence-corrected chi connectivity index (χ1v) is 13.3. The minimum Gasteiger partial charge on any atom is -0.489 e. The van der Waals surface area contributed by atoms with E-state index in [9.17, 15) is 9.59 Å². The summed E-state index contributed by atoms with van der Waals surface area (Å²) in [4.78, 5) is 25.4. The average Bonchev–Trinajstić information content (AvgIpc) is 3.25. The van der Waals surface area contributed by atoms with Gasteiger partial charge in [-0.25, -0.2) is 4.79 Å². The molecular formula is C29H35ClN4O4. The highest BCUT2D eigenvalue weighted by atomic mass is 35.5. The summed E-state index contributed by atoms with van der Waals surface area (Å²) in [6, 6.07) is 15.5. The molecule has 0 aliphatic heterocycles. The smallest absolute Gasteiger partial charge is 0.407 e. The van der Waals surface area contributed by atoms with Gasteiger partial charge in [0.2, 0.25) is 0 Å². The fourth-order valence-electron chi connectivity index (χ4n) is 4.56. The molecule has 9 heteroatoms. The number of hydrogen-bond donors (Lipinski definition) is 2. The average molecular weight is 539 g/mol. The number of carbonyl (C=O) groups is 2. The first-order chi connectivity index (χ1) is 18.1. The van der Waals surface area contributed by atoms with Crippen LogP contribution < -0.4 is 15.4 Å². The van der Waals surface area contributed by atoms with Crippen LogP contribution in [0, 0.1) is 6.92 Å². The van der Waals surface area contributed by atoms with Gasteiger partial charge >= 0.3 is 6.09 Å². The Kier molecular flexibility index (Phi) is 8.62. The van der Waals surface area contributed by atoms with Crippen molar-refractivity contribution in [2.75, 3.05) is 5.32 Å². The van der Waals surface area contributed by atoms with Crippen molar-refractivity contribution >= 4 is 29.3 Å². The Morgan fingerprint density at radius 3 is 2.45 bits per heavy atom. The van der Waals surface area contributed by atoms with Gasteiger partial charge in [0.1, 0.15) is 23.7 Å². The number of nitrogens with one attached hydrogen (secondary N) is 2. The zero-order valence-corrected chi connectivity index (χ0v) is 23.0. The van der Waals surface area contributed by atoms with Crippen LogP contribution in [0.15, 0.2) is 54.7 Å². The van der Waals surface area contributed by atoms with E-state index in [2.05, 4.69) is 15.7 Å². The van der Waals surface area contributed by atoms with Crippen LogP contribution in [0.2, 0.25) is 5.02 Å². The number of aryl methyl sites for hydroxylation is 1. The van der Waals surface area contributed by atoms with Crippen LogP contribution >= 0.6 is 11.6 Å². The van der Waals surface area contributed by atoms with Crippen LogP contribution in [-0.4, -0.2) is 33.4 Å². The van der Waals surface area contributed by atoms with Crippen molar-refractivity contribution in [2.45, 2.75) is 77.7 Å². The fourth-order valence-corrected chi connectivity index (χ4v) is 4.77. The lowest BCUT2D eigenvalue weighted by atomic mass is 9.91.